The largest absolute Gasteiger partial charge is 0.366 e. The van der Waals surface area contributed by atoms with Gasteiger partial charge in [-0.05, 0) is 23.3 Å². The summed E-state index contributed by atoms with van der Waals surface area (Å²) in [5.41, 5.74) is 8.94. The Bertz CT molecular complexity index is 949. The number of rotatable bonds is 3. The third-order valence-corrected chi connectivity index (χ3v) is 5.43. The quantitative estimate of drug-likeness (QED) is 0.785. The maximum Gasteiger partial charge on any atom is 0.268 e. The zero-order valence-electron chi connectivity index (χ0n) is 13.4. The minimum atomic E-state index is -0.515. The van der Waals surface area contributed by atoms with E-state index in [2.05, 4.69) is 18.2 Å². The minimum Gasteiger partial charge on any atom is -0.366 e. The molecule has 0 unspecified atom stereocenters. The van der Waals surface area contributed by atoms with Crippen LogP contribution in [0.3, 0.4) is 0 Å². The van der Waals surface area contributed by atoms with Gasteiger partial charge in [0, 0.05) is 23.5 Å². The highest BCUT2D eigenvalue weighted by Crippen LogP contribution is 2.40. The molecule has 124 valence electrons. The van der Waals surface area contributed by atoms with Crippen molar-refractivity contribution in [1.82, 2.24) is 0 Å². The number of hydrogen-bond donors (Lipinski definition) is 1. The molecule has 2 amide bonds. The van der Waals surface area contributed by atoms with Crippen LogP contribution in [-0.2, 0) is 0 Å². The van der Waals surface area contributed by atoms with E-state index in [9.17, 15) is 9.59 Å². The molecule has 1 aliphatic rings. The molecule has 0 saturated heterocycles. The summed E-state index contributed by atoms with van der Waals surface area (Å²) in [4.78, 5) is 26.6. The Kier molecular flexibility index (Phi) is 3.86. The lowest BCUT2D eigenvalue weighted by Crippen LogP contribution is -2.29. The van der Waals surface area contributed by atoms with Gasteiger partial charge in [-0.15, -0.1) is 11.3 Å². The van der Waals surface area contributed by atoms with Crippen molar-refractivity contribution in [2.24, 2.45) is 5.73 Å². The van der Waals surface area contributed by atoms with Gasteiger partial charge in [0.1, 0.15) is 0 Å². The second kappa shape index (κ2) is 6.18. The van der Waals surface area contributed by atoms with E-state index in [1.54, 1.807) is 16.3 Å². The molecular formula is C20H16N2O2S. The Morgan fingerprint density at radius 1 is 1.04 bits per heavy atom. The fourth-order valence-electron chi connectivity index (χ4n) is 3.28. The molecule has 4 nitrogen and oxygen atoms in total. The average molecular weight is 348 g/mol. The van der Waals surface area contributed by atoms with Crippen LogP contribution in [0, 0.1) is 0 Å². The Morgan fingerprint density at radius 2 is 1.76 bits per heavy atom. The van der Waals surface area contributed by atoms with E-state index in [1.165, 1.54) is 16.9 Å². The predicted molar refractivity (Wildman–Crippen MR) is 99.2 cm³/mol. The number of amides is 2. The Labute approximate surface area is 149 Å². The third-order valence-electron chi connectivity index (χ3n) is 4.51. The summed E-state index contributed by atoms with van der Waals surface area (Å²) >= 11 is 1.25. The van der Waals surface area contributed by atoms with Crippen molar-refractivity contribution in [3.63, 3.8) is 0 Å². The van der Waals surface area contributed by atoms with Gasteiger partial charge in [-0.25, -0.2) is 0 Å². The van der Waals surface area contributed by atoms with E-state index >= 15 is 0 Å². The smallest absolute Gasteiger partial charge is 0.268 e. The molecule has 2 heterocycles. The van der Waals surface area contributed by atoms with Crippen LogP contribution >= 0.6 is 11.3 Å². The minimum absolute atomic E-state index is 0.0941. The topological polar surface area (TPSA) is 63.4 Å². The van der Waals surface area contributed by atoms with Gasteiger partial charge in [0.05, 0.1) is 10.4 Å². The Morgan fingerprint density at radius 3 is 2.48 bits per heavy atom. The fraction of sp³-hybridized carbons (Fsp3) is 0.100. The van der Waals surface area contributed by atoms with Gasteiger partial charge in [0.25, 0.3) is 5.91 Å². The summed E-state index contributed by atoms with van der Waals surface area (Å²) in [5.74, 6) is -0.459. The van der Waals surface area contributed by atoms with Crippen molar-refractivity contribution in [2.75, 3.05) is 11.4 Å². The Hall–Kier alpha value is -2.92. The molecule has 2 aromatic carbocycles. The number of primary amides is 1. The van der Waals surface area contributed by atoms with E-state index in [0.29, 0.717) is 17.0 Å². The first kappa shape index (κ1) is 15.6. The molecule has 5 heteroatoms. The predicted octanol–water partition coefficient (Wildman–Crippen LogP) is 3.64. The van der Waals surface area contributed by atoms with Crippen LogP contribution in [0.2, 0.25) is 0 Å². The lowest BCUT2D eigenvalue weighted by molar-refractivity contribution is 0.0992. The van der Waals surface area contributed by atoms with Crippen LogP contribution in [0.1, 0.15) is 37.1 Å². The summed E-state index contributed by atoms with van der Waals surface area (Å²) in [7, 11) is 0. The van der Waals surface area contributed by atoms with Crippen LogP contribution in [-0.4, -0.2) is 18.4 Å². The highest BCUT2D eigenvalue weighted by atomic mass is 32.1. The van der Waals surface area contributed by atoms with Gasteiger partial charge in [-0.1, -0.05) is 48.5 Å². The molecule has 1 atom stereocenters. The maximum atomic E-state index is 13.0. The van der Waals surface area contributed by atoms with Crippen LogP contribution in [0.5, 0.6) is 0 Å². The molecule has 0 spiro atoms. The summed E-state index contributed by atoms with van der Waals surface area (Å²) in [5, 5.41) is 1.63. The maximum absolute atomic E-state index is 13.0. The number of nitrogens with zero attached hydrogens (tertiary/aromatic N) is 1. The summed E-state index contributed by atoms with van der Waals surface area (Å²) < 4.78 is 0. The van der Waals surface area contributed by atoms with Crippen molar-refractivity contribution in [2.45, 2.75) is 5.92 Å². The van der Waals surface area contributed by atoms with Gasteiger partial charge in [-0.3, -0.25) is 9.59 Å². The molecule has 25 heavy (non-hydrogen) atoms. The SMILES string of the molecule is NC(=O)c1csc(C(=O)N2C[C@H](c3ccccc3)c3ccccc32)c1. The number of benzene rings is 2. The van der Waals surface area contributed by atoms with Crippen LogP contribution in [0.15, 0.2) is 66.0 Å². The van der Waals surface area contributed by atoms with E-state index in [1.807, 2.05) is 36.4 Å². The van der Waals surface area contributed by atoms with Gasteiger partial charge in [-0.2, -0.15) is 0 Å². The van der Waals surface area contributed by atoms with Crippen LogP contribution < -0.4 is 10.6 Å². The second-order valence-corrected chi connectivity index (χ2v) is 6.91. The first-order chi connectivity index (χ1) is 12.1. The number of nitrogens with two attached hydrogens (primary N) is 1. The highest BCUT2D eigenvalue weighted by molar-refractivity contribution is 7.12. The van der Waals surface area contributed by atoms with Crippen molar-refractivity contribution >= 4 is 28.8 Å². The molecule has 0 radical (unpaired) electrons. The molecule has 1 aromatic heterocycles. The first-order valence-electron chi connectivity index (χ1n) is 7.99. The molecule has 0 bridgehead atoms. The number of hydrogen-bond acceptors (Lipinski definition) is 3. The summed E-state index contributed by atoms with van der Waals surface area (Å²) in [6.07, 6.45) is 0. The van der Waals surface area contributed by atoms with E-state index in [4.69, 9.17) is 5.73 Å². The second-order valence-electron chi connectivity index (χ2n) is 6.00. The van der Waals surface area contributed by atoms with Gasteiger partial charge < -0.3 is 10.6 Å². The number of fused-ring (bicyclic) bond motifs is 1. The number of thiophene rings is 1. The Balaban J connectivity index is 1.71. The number of para-hydroxylation sites is 1. The van der Waals surface area contributed by atoms with Crippen LogP contribution in [0.4, 0.5) is 5.69 Å². The molecule has 1 aliphatic heterocycles. The van der Waals surface area contributed by atoms with Gasteiger partial charge in [0.2, 0.25) is 5.91 Å². The first-order valence-corrected chi connectivity index (χ1v) is 8.87. The molecule has 3 aromatic rings. The van der Waals surface area contributed by atoms with Crippen molar-refractivity contribution in [1.29, 1.82) is 0 Å². The molecule has 0 saturated carbocycles. The molecule has 2 N–H and O–H groups in total. The summed E-state index contributed by atoms with van der Waals surface area (Å²) in [6, 6.07) is 19.8. The normalized spacial score (nSPS) is 15.8. The van der Waals surface area contributed by atoms with Crippen molar-refractivity contribution in [3.05, 3.63) is 87.6 Å². The van der Waals surface area contributed by atoms with Crippen LogP contribution in [0.25, 0.3) is 0 Å². The number of carbonyl (C=O) groups excluding carboxylic acids is 2. The van der Waals surface area contributed by atoms with E-state index < -0.39 is 5.91 Å². The van der Waals surface area contributed by atoms with Gasteiger partial charge in [0.15, 0.2) is 0 Å². The average Bonchev–Trinajstić information content (AvgIpc) is 3.27. The fourth-order valence-corrected chi connectivity index (χ4v) is 4.12. The van der Waals surface area contributed by atoms with Gasteiger partial charge >= 0.3 is 0 Å². The lowest BCUT2D eigenvalue weighted by atomic mass is 9.93. The summed E-state index contributed by atoms with van der Waals surface area (Å²) in [6.45, 7) is 0.589. The third kappa shape index (κ3) is 2.72. The zero-order chi connectivity index (χ0) is 17.4. The molecule has 0 fully saturated rings. The molecule has 0 aliphatic carbocycles. The van der Waals surface area contributed by atoms with Crippen molar-refractivity contribution in [3.8, 4) is 0 Å². The highest BCUT2D eigenvalue weighted by Gasteiger charge is 2.34. The number of carbonyl (C=O) groups is 2. The zero-order valence-corrected chi connectivity index (χ0v) is 14.2. The molecular weight excluding hydrogens is 332 g/mol. The molecule has 4 rings (SSSR count). The van der Waals surface area contributed by atoms with E-state index in [0.717, 1.165) is 11.3 Å². The standard InChI is InChI=1S/C20H16N2O2S/c21-19(23)14-10-18(25-12-14)20(24)22-11-16(13-6-2-1-3-7-13)15-8-4-5-9-17(15)22/h1-10,12,16H,11H2,(H2,21,23)/t16-/m1/s1. The number of anilines is 1. The lowest BCUT2D eigenvalue weighted by Gasteiger charge is -2.17. The van der Waals surface area contributed by atoms with E-state index in [-0.39, 0.29) is 11.8 Å². The van der Waals surface area contributed by atoms with Crippen molar-refractivity contribution < 1.29 is 9.59 Å². The monoisotopic (exact) mass is 348 g/mol.